The Kier molecular flexibility index (Phi) is 3.59. The molecule has 1 heterocycles. The van der Waals surface area contributed by atoms with E-state index in [1.807, 2.05) is 0 Å². The first-order valence-electron chi connectivity index (χ1n) is 5.67. The summed E-state index contributed by atoms with van der Waals surface area (Å²) in [5, 5.41) is 0. The third-order valence-corrected chi connectivity index (χ3v) is 2.85. The van der Waals surface area contributed by atoms with Crippen LogP contribution in [0.3, 0.4) is 0 Å². The van der Waals surface area contributed by atoms with Gasteiger partial charge in [0.2, 0.25) is 0 Å². The number of likely N-dealkylation sites (tertiary alicyclic amines) is 1. The van der Waals surface area contributed by atoms with E-state index in [0.29, 0.717) is 12.1 Å². The zero-order chi connectivity index (χ0) is 10.9. The summed E-state index contributed by atoms with van der Waals surface area (Å²) in [5.41, 5.74) is -0.00260. The predicted octanol–water partition coefficient (Wildman–Crippen LogP) is 2.53. The molecule has 1 aliphatic heterocycles. The number of ether oxygens (including phenoxy) is 1. The van der Waals surface area contributed by atoms with E-state index >= 15 is 0 Å². The van der Waals surface area contributed by atoms with Crippen molar-refractivity contribution in [3.8, 4) is 0 Å². The van der Waals surface area contributed by atoms with E-state index in [0.717, 1.165) is 12.5 Å². The van der Waals surface area contributed by atoms with Gasteiger partial charge in [-0.15, -0.1) is 0 Å². The average molecular weight is 199 g/mol. The van der Waals surface area contributed by atoms with Gasteiger partial charge in [-0.1, -0.05) is 13.8 Å². The first kappa shape index (κ1) is 12.0. The molecular formula is C12H25NO. The van der Waals surface area contributed by atoms with Gasteiger partial charge in [-0.05, 0) is 40.2 Å². The third kappa shape index (κ3) is 3.25. The van der Waals surface area contributed by atoms with Crippen LogP contribution in [0.1, 0.15) is 41.0 Å². The summed E-state index contributed by atoms with van der Waals surface area (Å²) in [6.45, 7) is 12.1. The molecule has 0 bridgehead atoms. The van der Waals surface area contributed by atoms with Crippen molar-refractivity contribution in [3.05, 3.63) is 0 Å². The lowest BCUT2D eigenvalue weighted by Crippen LogP contribution is -2.30. The molecule has 1 fully saturated rings. The molecule has 14 heavy (non-hydrogen) atoms. The van der Waals surface area contributed by atoms with E-state index in [1.54, 1.807) is 0 Å². The van der Waals surface area contributed by atoms with Gasteiger partial charge in [-0.3, -0.25) is 0 Å². The number of hydrogen-bond donors (Lipinski definition) is 0. The van der Waals surface area contributed by atoms with Gasteiger partial charge in [0.05, 0.1) is 11.7 Å². The van der Waals surface area contributed by atoms with Crippen LogP contribution in [0.5, 0.6) is 0 Å². The molecule has 0 N–H and O–H groups in total. The maximum absolute atomic E-state index is 6.01. The highest BCUT2D eigenvalue weighted by atomic mass is 16.5. The Labute approximate surface area is 88.6 Å². The van der Waals surface area contributed by atoms with Gasteiger partial charge in [-0.2, -0.15) is 0 Å². The second-order valence-corrected chi connectivity index (χ2v) is 5.84. The summed E-state index contributed by atoms with van der Waals surface area (Å²) in [6, 6.07) is 0.697. The molecule has 0 aromatic heterocycles. The van der Waals surface area contributed by atoms with Crippen LogP contribution >= 0.6 is 0 Å². The molecule has 1 saturated heterocycles. The van der Waals surface area contributed by atoms with E-state index in [-0.39, 0.29) is 5.60 Å². The van der Waals surface area contributed by atoms with Crippen molar-refractivity contribution in [1.82, 2.24) is 4.90 Å². The molecule has 0 saturated carbocycles. The Morgan fingerprint density at radius 2 is 1.86 bits per heavy atom. The van der Waals surface area contributed by atoms with Crippen molar-refractivity contribution < 1.29 is 4.74 Å². The fourth-order valence-corrected chi connectivity index (χ4v) is 2.35. The van der Waals surface area contributed by atoms with Gasteiger partial charge in [0.15, 0.2) is 0 Å². The SMILES string of the molecule is CC(C)C1CC(OC(C)(C)C)CN1C. The Hall–Kier alpha value is -0.0800. The van der Waals surface area contributed by atoms with Crippen molar-refractivity contribution >= 4 is 0 Å². The molecule has 1 aliphatic rings. The molecule has 2 heteroatoms. The third-order valence-electron chi connectivity index (χ3n) is 2.85. The minimum atomic E-state index is -0.00260. The molecule has 0 spiro atoms. The maximum Gasteiger partial charge on any atom is 0.0724 e. The lowest BCUT2D eigenvalue weighted by Gasteiger charge is -2.24. The van der Waals surface area contributed by atoms with Crippen LogP contribution in [-0.2, 0) is 4.74 Å². The highest BCUT2D eigenvalue weighted by molar-refractivity contribution is 4.87. The summed E-state index contributed by atoms with van der Waals surface area (Å²) in [6.07, 6.45) is 1.61. The first-order chi connectivity index (χ1) is 6.29. The van der Waals surface area contributed by atoms with Crippen LogP contribution in [0.4, 0.5) is 0 Å². The molecule has 0 aromatic rings. The summed E-state index contributed by atoms with van der Waals surface area (Å²) >= 11 is 0. The summed E-state index contributed by atoms with van der Waals surface area (Å²) in [7, 11) is 2.21. The maximum atomic E-state index is 6.01. The van der Waals surface area contributed by atoms with E-state index in [2.05, 4.69) is 46.6 Å². The molecule has 0 amide bonds. The standard InChI is InChI=1S/C12H25NO/c1-9(2)11-7-10(8-13(11)6)14-12(3,4)5/h9-11H,7-8H2,1-6H3. The number of hydrogen-bond acceptors (Lipinski definition) is 2. The minimum absolute atomic E-state index is 0.00260. The molecule has 1 rings (SSSR count). The first-order valence-corrected chi connectivity index (χ1v) is 5.67. The molecule has 2 nitrogen and oxygen atoms in total. The van der Waals surface area contributed by atoms with Crippen molar-refractivity contribution in [2.75, 3.05) is 13.6 Å². The van der Waals surface area contributed by atoms with Crippen LogP contribution in [0.25, 0.3) is 0 Å². The van der Waals surface area contributed by atoms with E-state index in [1.165, 1.54) is 6.42 Å². The van der Waals surface area contributed by atoms with Gasteiger partial charge in [-0.25, -0.2) is 0 Å². The second kappa shape index (κ2) is 4.19. The van der Waals surface area contributed by atoms with Crippen molar-refractivity contribution in [2.45, 2.75) is 58.8 Å². The second-order valence-electron chi connectivity index (χ2n) is 5.84. The summed E-state index contributed by atoms with van der Waals surface area (Å²) in [5.74, 6) is 0.730. The quantitative estimate of drug-likeness (QED) is 0.677. The van der Waals surface area contributed by atoms with Gasteiger partial charge >= 0.3 is 0 Å². The summed E-state index contributed by atoms with van der Waals surface area (Å²) < 4.78 is 6.01. The Balaban J connectivity index is 2.47. The zero-order valence-electron chi connectivity index (χ0n) is 10.5. The van der Waals surface area contributed by atoms with Crippen LogP contribution in [-0.4, -0.2) is 36.2 Å². The molecule has 2 unspecified atom stereocenters. The Morgan fingerprint density at radius 1 is 1.29 bits per heavy atom. The van der Waals surface area contributed by atoms with Gasteiger partial charge < -0.3 is 9.64 Å². The van der Waals surface area contributed by atoms with E-state index < -0.39 is 0 Å². The highest BCUT2D eigenvalue weighted by Gasteiger charge is 2.33. The van der Waals surface area contributed by atoms with Crippen molar-refractivity contribution in [2.24, 2.45) is 5.92 Å². The average Bonchev–Trinajstić information content (AvgIpc) is 2.26. The topological polar surface area (TPSA) is 12.5 Å². The molecule has 0 aromatic carbocycles. The van der Waals surface area contributed by atoms with Gasteiger partial charge in [0.1, 0.15) is 0 Å². The van der Waals surface area contributed by atoms with E-state index in [9.17, 15) is 0 Å². The van der Waals surface area contributed by atoms with Gasteiger partial charge in [0.25, 0.3) is 0 Å². The molecular weight excluding hydrogens is 174 g/mol. The van der Waals surface area contributed by atoms with E-state index in [4.69, 9.17) is 4.74 Å². The zero-order valence-corrected chi connectivity index (χ0v) is 10.5. The largest absolute Gasteiger partial charge is 0.371 e. The number of nitrogens with zero attached hydrogens (tertiary/aromatic N) is 1. The lowest BCUT2D eigenvalue weighted by molar-refractivity contribution is -0.0536. The fourth-order valence-electron chi connectivity index (χ4n) is 2.35. The Bertz CT molecular complexity index is 183. The molecule has 0 aliphatic carbocycles. The highest BCUT2D eigenvalue weighted by Crippen LogP contribution is 2.26. The van der Waals surface area contributed by atoms with Crippen LogP contribution in [0.15, 0.2) is 0 Å². The normalized spacial score (nSPS) is 30.2. The fraction of sp³-hybridized carbons (Fsp3) is 1.00. The number of likely N-dealkylation sites (N-methyl/N-ethyl adjacent to an activating group) is 1. The van der Waals surface area contributed by atoms with Crippen LogP contribution < -0.4 is 0 Å². The van der Waals surface area contributed by atoms with Crippen molar-refractivity contribution in [1.29, 1.82) is 0 Å². The summed E-state index contributed by atoms with van der Waals surface area (Å²) in [4.78, 5) is 2.43. The van der Waals surface area contributed by atoms with Gasteiger partial charge in [0, 0.05) is 12.6 Å². The monoisotopic (exact) mass is 199 g/mol. The van der Waals surface area contributed by atoms with Crippen molar-refractivity contribution in [3.63, 3.8) is 0 Å². The lowest BCUT2D eigenvalue weighted by atomic mass is 10.0. The molecule has 84 valence electrons. The number of rotatable bonds is 2. The predicted molar refractivity (Wildman–Crippen MR) is 60.5 cm³/mol. The smallest absolute Gasteiger partial charge is 0.0724 e. The minimum Gasteiger partial charge on any atom is -0.371 e. The molecule has 0 radical (unpaired) electrons. The Morgan fingerprint density at radius 3 is 2.21 bits per heavy atom. The van der Waals surface area contributed by atoms with Crippen LogP contribution in [0, 0.1) is 5.92 Å². The van der Waals surface area contributed by atoms with Crippen LogP contribution in [0.2, 0.25) is 0 Å². The molecule has 2 atom stereocenters.